The molecule has 1 saturated carbocycles. The van der Waals surface area contributed by atoms with E-state index in [2.05, 4.69) is 10.6 Å². The summed E-state index contributed by atoms with van der Waals surface area (Å²) in [6.45, 7) is 2.09. The Morgan fingerprint density at radius 3 is 2.27 bits per heavy atom. The molecule has 7 heteroatoms. The Hall–Kier alpha value is -3.35. The Kier molecular flexibility index (Phi) is 5.44. The Bertz CT molecular complexity index is 947. The molecule has 2 aromatic rings. The van der Waals surface area contributed by atoms with Crippen LogP contribution in [0.3, 0.4) is 0 Å². The number of urea groups is 1. The van der Waals surface area contributed by atoms with Crippen LogP contribution in [0, 0.1) is 6.92 Å². The van der Waals surface area contributed by atoms with Crippen molar-refractivity contribution in [1.29, 1.82) is 0 Å². The number of hydrogen-bond donors (Lipinski definition) is 2. The lowest BCUT2D eigenvalue weighted by Crippen LogP contribution is -2.44. The van der Waals surface area contributed by atoms with E-state index in [4.69, 9.17) is 4.74 Å². The molecule has 2 fully saturated rings. The molecule has 0 bridgehead atoms. The highest BCUT2D eigenvalue weighted by Crippen LogP contribution is 2.35. The number of carbonyl (C=O) groups excluding carboxylic acids is 3. The zero-order valence-electron chi connectivity index (χ0n) is 16.9. The summed E-state index contributed by atoms with van der Waals surface area (Å²) >= 11 is 0. The first-order valence-corrected chi connectivity index (χ1v) is 10.2. The highest BCUT2D eigenvalue weighted by molar-refractivity contribution is 6.07. The second-order valence-electron chi connectivity index (χ2n) is 7.91. The van der Waals surface area contributed by atoms with Gasteiger partial charge in [0.1, 0.15) is 17.0 Å². The molecule has 1 spiro atoms. The molecule has 1 aliphatic carbocycles. The lowest BCUT2D eigenvalue weighted by atomic mass is 9.98. The minimum atomic E-state index is -0.735. The molecular formula is C23H25N3O4. The Labute approximate surface area is 175 Å². The first kappa shape index (κ1) is 19.9. The number of carbonyl (C=O) groups is 3. The van der Waals surface area contributed by atoms with Crippen LogP contribution in [0.15, 0.2) is 48.5 Å². The van der Waals surface area contributed by atoms with Crippen molar-refractivity contribution < 1.29 is 19.1 Å². The van der Waals surface area contributed by atoms with E-state index in [1.807, 2.05) is 31.2 Å². The fourth-order valence-corrected chi connectivity index (χ4v) is 3.98. The van der Waals surface area contributed by atoms with E-state index in [9.17, 15) is 14.4 Å². The molecule has 2 aliphatic rings. The van der Waals surface area contributed by atoms with Gasteiger partial charge in [-0.2, -0.15) is 0 Å². The van der Waals surface area contributed by atoms with E-state index in [0.717, 1.165) is 24.2 Å². The fourth-order valence-electron chi connectivity index (χ4n) is 3.98. The molecule has 30 heavy (non-hydrogen) atoms. The second kappa shape index (κ2) is 8.18. The lowest BCUT2D eigenvalue weighted by molar-refractivity contribution is -0.131. The predicted molar refractivity (Wildman–Crippen MR) is 112 cm³/mol. The standard InChI is InChI=1S/C23H25N3O4/c1-16-4-8-18(9-5-16)30-19-10-6-17(7-11-19)24-20(27)12-15-26-21(28)23(25-22(26)29)13-2-3-14-23/h4-11H,2-3,12-15H2,1H3,(H,24,27)(H,25,29). The maximum absolute atomic E-state index is 12.6. The number of ether oxygens (including phenoxy) is 1. The number of aryl methyl sites for hydroxylation is 1. The molecule has 2 N–H and O–H groups in total. The molecule has 1 heterocycles. The van der Waals surface area contributed by atoms with Crippen LogP contribution >= 0.6 is 0 Å². The first-order valence-electron chi connectivity index (χ1n) is 10.2. The largest absolute Gasteiger partial charge is 0.457 e. The summed E-state index contributed by atoms with van der Waals surface area (Å²) in [6, 6.07) is 14.4. The highest BCUT2D eigenvalue weighted by atomic mass is 16.5. The van der Waals surface area contributed by atoms with E-state index in [-0.39, 0.29) is 24.8 Å². The molecule has 1 saturated heterocycles. The van der Waals surface area contributed by atoms with Crippen LogP contribution in [0.4, 0.5) is 10.5 Å². The summed E-state index contributed by atoms with van der Waals surface area (Å²) in [4.78, 5) is 38.2. The Morgan fingerprint density at radius 1 is 1.03 bits per heavy atom. The summed E-state index contributed by atoms with van der Waals surface area (Å²) in [5.41, 5.74) is 1.05. The molecule has 156 valence electrons. The van der Waals surface area contributed by atoms with Gasteiger partial charge in [-0.05, 0) is 56.2 Å². The van der Waals surface area contributed by atoms with Crippen molar-refractivity contribution in [3.63, 3.8) is 0 Å². The number of benzene rings is 2. The van der Waals surface area contributed by atoms with Crippen LogP contribution in [0.2, 0.25) is 0 Å². The van der Waals surface area contributed by atoms with Crippen molar-refractivity contribution >= 4 is 23.5 Å². The maximum atomic E-state index is 12.6. The number of rotatable bonds is 6. The lowest BCUT2D eigenvalue weighted by Gasteiger charge is -2.19. The summed E-state index contributed by atoms with van der Waals surface area (Å²) < 4.78 is 5.78. The van der Waals surface area contributed by atoms with E-state index in [1.54, 1.807) is 24.3 Å². The van der Waals surface area contributed by atoms with Crippen LogP contribution in [0.5, 0.6) is 11.5 Å². The molecule has 0 atom stereocenters. The van der Waals surface area contributed by atoms with Crippen molar-refractivity contribution in [1.82, 2.24) is 10.2 Å². The van der Waals surface area contributed by atoms with Crippen LogP contribution in [-0.2, 0) is 9.59 Å². The van der Waals surface area contributed by atoms with Gasteiger partial charge in [-0.1, -0.05) is 30.5 Å². The number of anilines is 1. The molecular weight excluding hydrogens is 382 g/mol. The number of imide groups is 1. The van der Waals surface area contributed by atoms with E-state index in [1.165, 1.54) is 4.90 Å². The summed E-state index contributed by atoms with van der Waals surface area (Å²) in [5, 5.41) is 5.61. The average molecular weight is 407 g/mol. The Balaban J connectivity index is 1.28. The van der Waals surface area contributed by atoms with Crippen LogP contribution in [0.1, 0.15) is 37.7 Å². The third kappa shape index (κ3) is 4.15. The van der Waals surface area contributed by atoms with Gasteiger partial charge in [0, 0.05) is 18.7 Å². The number of amides is 4. The van der Waals surface area contributed by atoms with Gasteiger partial charge in [0.25, 0.3) is 5.91 Å². The zero-order chi connectivity index (χ0) is 21.1. The van der Waals surface area contributed by atoms with Crippen molar-refractivity contribution in [2.75, 3.05) is 11.9 Å². The molecule has 4 rings (SSSR count). The number of hydrogen-bond acceptors (Lipinski definition) is 4. The zero-order valence-corrected chi connectivity index (χ0v) is 16.9. The van der Waals surface area contributed by atoms with Crippen molar-refractivity contribution in [3.05, 3.63) is 54.1 Å². The highest BCUT2D eigenvalue weighted by Gasteiger charge is 2.52. The third-order valence-corrected chi connectivity index (χ3v) is 5.66. The second-order valence-corrected chi connectivity index (χ2v) is 7.91. The SMILES string of the molecule is Cc1ccc(Oc2ccc(NC(=O)CCN3C(=O)NC4(CCCC4)C3=O)cc2)cc1. The molecule has 4 amide bonds. The summed E-state index contributed by atoms with van der Waals surface area (Å²) in [6.07, 6.45) is 3.28. The Morgan fingerprint density at radius 2 is 1.63 bits per heavy atom. The molecule has 0 aromatic heterocycles. The minimum absolute atomic E-state index is 0.0524. The maximum Gasteiger partial charge on any atom is 0.325 e. The molecule has 1 aliphatic heterocycles. The van der Waals surface area contributed by atoms with Gasteiger partial charge < -0.3 is 15.4 Å². The fraction of sp³-hybridized carbons (Fsp3) is 0.348. The van der Waals surface area contributed by atoms with E-state index in [0.29, 0.717) is 24.3 Å². The van der Waals surface area contributed by atoms with Crippen molar-refractivity contribution in [3.8, 4) is 11.5 Å². The monoisotopic (exact) mass is 407 g/mol. The molecule has 7 nitrogen and oxygen atoms in total. The van der Waals surface area contributed by atoms with Crippen LogP contribution < -0.4 is 15.4 Å². The third-order valence-electron chi connectivity index (χ3n) is 5.66. The van der Waals surface area contributed by atoms with Gasteiger partial charge in [-0.25, -0.2) is 4.79 Å². The van der Waals surface area contributed by atoms with Gasteiger partial charge in [-0.15, -0.1) is 0 Å². The number of nitrogens with one attached hydrogen (secondary N) is 2. The molecule has 2 aromatic carbocycles. The topological polar surface area (TPSA) is 87.7 Å². The van der Waals surface area contributed by atoms with E-state index < -0.39 is 11.6 Å². The van der Waals surface area contributed by atoms with E-state index >= 15 is 0 Å². The molecule has 0 radical (unpaired) electrons. The van der Waals surface area contributed by atoms with Crippen molar-refractivity contribution in [2.45, 2.75) is 44.6 Å². The predicted octanol–water partition coefficient (Wildman–Crippen LogP) is 3.98. The van der Waals surface area contributed by atoms with Gasteiger partial charge in [0.15, 0.2) is 0 Å². The van der Waals surface area contributed by atoms with Gasteiger partial charge in [0.05, 0.1) is 0 Å². The van der Waals surface area contributed by atoms with Gasteiger partial charge in [-0.3, -0.25) is 14.5 Å². The minimum Gasteiger partial charge on any atom is -0.457 e. The smallest absolute Gasteiger partial charge is 0.325 e. The van der Waals surface area contributed by atoms with Crippen LogP contribution in [-0.4, -0.2) is 34.8 Å². The number of nitrogens with zero attached hydrogens (tertiary/aromatic N) is 1. The van der Waals surface area contributed by atoms with Crippen LogP contribution in [0.25, 0.3) is 0 Å². The quantitative estimate of drug-likeness (QED) is 0.709. The van der Waals surface area contributed by atoms with Gasteiger partial charge in [0.2, 0.25) is 5.91 Å². The average Bonchev–Trinajstić information content (AvgIpc) is 3.29. The summed E-state index contributed by atoms with van der Waals surface area (Å²) in [7, 11) is 0. The van der Waals surface area contributed by atoms with Gasteiger partial charge >= 0.3 is 6.03 Å². The normalized spacial score (nSPS) is 17.3. The summed E-state index contributed by atoms with van der Waals surface area (Å²) in [5.74, 6) is 0.953. The first-order chi connectivity index (χ1) is 14.4. The molecule has 0 unspecified atom stereocenters. The van der Waals surface area contributed by atoms with Crippen molar-refractivity contribution in [2.24, 2.45) is 0 Å².